The van der Waals surface area contributed by atoms with Crippen molar-refractivity contribution in [1.29, 1.82) is 0 Å². The Morgan fingerprint density at radius 1 is 1.20 bits per heavy atom. The van der Waals surface area contributed by atoms with Gasteiger partial charge in [-0.15, -0.1) is 0 Å². The van der Waals surface area contributed by atoms with Crippen molar-refractivity contribution in [2.45, 2.75) is 25.7 Å². The van der Waals surface area contributed by atoms with Gasteiger partial charge in [-0.1, -0.05) is 0 Å². The average Bonchev–Trinajstić information content (AvgIpc) is 2.70. The molecule has 1 saturated heterocycles. The Morgan fingerprint density at radius 3 is 2.53 bits per heavy atom. The number of hydrogen-bond acceptors (Lipinski definition) is 2. The molecule has 3 aliphatic carbocycles. The van der Waals surface area contributed by atoms with Gasteiger partial charge in [0.05, 0.1) is 13.2 Å². The predicted molar refractivity (Wildman–Crippen MR) is 53.6 cm³/mol. The second kappa shape index (κ2) is 2.76. The van der Waals surface area contributed by atoms with Gasteiger partial charge in [0.2, 0.25) is 5.91 Å². The highest BCUT2D eigenvalue weighted by Crippen LogP contribution is 2.69. The van der Waals surface area contributed by atoms with Crippen LogP contribution in [0.3, 0.4) is 0 Å². The van der Waals surface area contributed by atoms with Crippen LogP contribution in [0.15, 0.2) is 0 Å². The van der Waals surface area contributed by atoms with Crippen LogP contribution in [0.4, 0.5) is 0 Å². The van der Waals surface area contributed by atoms with E-state index in [2.05, 4.69) is 0 Å². The Morgan fingerprint density at radius 2 is 1.93 bits per heavy atom. The molecule has 4 atom stereocenters. The highest BCUT2D eigenvalue weighted by molar-refractivity contribution is 5.82. The minimum atomic E-state index is 0.305. The van der Waals surface area contributed by atoms with E-state index in [1.165, 1.54) is 19.3 Å². The molecule has 4 aliphatic rings. The van der Waals surface area contributed by atoms with E-state index < -0.39 is 0 Å². The molecule has 0 aromatic carbocycles. The zero-order chi connectivity index (χ0) is 9.99. The van der Waals surface area contributed by atoms with Crippen LogP contribution in [0, 0.1) is 29.6 Å². The van der Waals surface area contributed by atoms with Crippen LogP contribution in [0.2, 0.25) is 0 Å². The monoisotopic (exact) mass is 207 g/mol. The summed E-state index contributed by atoms with van der Waals surface area (Å²) in [5.41, 5.74) is 0. The number of carbonyl (C=O) groups is 1. The standard InChI is InChI=1S/C12H17NO2/c14-12(13-4-1-5-15-13)11-9-7-2-3-8(6-7)10(9)11/h7-11H,1-6H2. The highest BCUT2D eigenvalue weighted by atomic mass is 16.7. The van der Waals surface area contributed by atoms with Crippen LogP contribution < -0.4 is 0 Å². The summed E-state index contributed by atoms with van der Waals surface area (Å²) in [5, 5.41) is 1.64. The third kappa shape index (κ3) is 1.02. The number of amides is 1. The molecule has 1 heterocycles. The first kappa shape index (κ1) is 8.57. The van der Waals surface area contributed by atoms with E-state index in [1.54, 1.807) is 5.06 Å². The van der Waals surface area contributed by atoms with E-state index in [9.17, 15) is 4.79 Å². The summed E-state index contributed by atoms with van der Waals surface area (Å²) in [6.45, 7) is 1.56. The summed E-state index contributed by atoms with van der Waals surface area (Å²) >= 11 is 0. The van der Waals surface area contributed by atoms with E-state index in [0.29, 0.717) is 11.8 Å². The van der Waals surface area contributed by atoms with Gasteiger partial charge in [0.1, 0.15) is 0 Å². The molecule has 0 spiro atoms. The highest BCUT2D eigenvalue weighted by Gasteiger charge is 2.68. The van der Waals surface area contributed by atoms with Gasteiger partial charge in [-0.3, -0.25) is 9.63 Å². The third-order valence-electron chi connectivity index (χ3n) is 5.02. The molecule has 1 amide bonds. The lowest BCUT2D eigenvalue weighted by atomic mass is 10.0. The molecule has 0 N–H and O–H groups in total. The summed E-state index contributed by atoms with van der Waals surface area (Å²) < 4.78 is 0. The van der Waals surface area contributed by atoms with Crippen molar-refractivity contribution in [3.8, 4) is 0 Å². The molecule has 82 valence electrons. The van der Waals surface area contributed by atoms with Crippen LogP contribution in [0.25, 0.3) is 0 Å². The first-order chi connectivity index (χ1) is 7.36. The predicted octanol–water partition coefficient (Wildman–Crippen LogP) is 1.44. The van der Waals surface area contributed by atoms with E-state index in [0.717, 1.165) is 43.2 Å². The molecule has 0 aromatic heterocycles. The van der Waals surface area contributed by atoms with Crippen molar-refractivity contribution < 1.29 is 9.63 Å². The molecule has 3 heteroatoms. The summed E-state index contributed by atoms with van der Waals surface area (Å²) in [6, 6.07) is 0. The average molecular weight is 207 g/mol. The second-order valence-corrected chi connectivity index (χ2v) is 5.64. The smallest absolute Gasteiger partial charge is 0.249 e. The summed E-state index contributed by atoms with van der Waals surface area (Å²) in [4.78, 5) is 17.5. The number of fused-ring (bicyclic) bond motifs is 5. The minimum Gasteiger partial charge on any atom is -0.272 e. The summed E-state index contributed by atoms with van der Waals surface area (Å²) in [6.07, 6.45) is 5.20. The first-order valence-electron chi connectivity index (χ1n) is 6.30. The van der Waals surface area contributed by atoms with Gasteiger partial charge in [-0.25, -0.2) is 5.06 Å². The van der Waals surface area contributed by atoms with E-state index >= 15 is 0 Å². The molecular formula is C12H17NO2. The Hall–Kier alpha value is -0.570. The molecule has 3 nitrogen and oxygen atoms in total. The molecule has 0 aromatic rings. The van der Waals surface area contributed by atoms with Crippen LogP contribution >= 0.6 is 0 Å². The van der Waals surface area contributed by atoms with Gasteiger partial charge < -0.3 is 0 Å². The normalized spacial score (nSPS) is 50.9. The molecule has 15 heavy (non-hydrogen) atoms. The van der Waals surface area contributed by atoms with Gasteiger partial charge in [0, 0.05) is 5.92 Å². The van der Waals surface area contributed by atoms with Crippen LogP contribution in [-0.2, 0) is 9.63 Å². The fourth-order valence-electron chi connectivity index (χ4n) is 4.44. The van der Waals surface area contributed by atoms with Gasteiger partial charge in [0.15, 0.2) is 0 Å². The van der Waals surface area contributed by atoms with Crippen molar-refractivity contribution in [3.05, 3.63) is 0 Å². The second-order valence-electron chi connectivity index (χ2n) is 5.64. The topological polar surface area (TPSA) is 29.5 Å². The zero-order valence-electron chi connectivity index (χ0n) is 8.89. The van der Waals surface area contributed by atoms with Crippen LogP contribution in [0.1, 0.15) is 25.7 Å². The quantitative estimate of drug-likeness (QED) is 0.651. The molecule has 3 saturated carbocycles. The Kier molecular flexibility index (Phi) is 1.58. The lowest BCUT2D eigenvalue weighted by molar-refractivity contribution is -0.171. The summed E-state index contributed by atoms with van der Waals surface area (Å²) in [5.74, 6) is 3.93. The maximum Gasteiger partial charge on any atom is 0.249 e. The van der Waals surface area contributed by atoms with Crippen molar-refractivity contribution in [3.63, 3.8) is 0 Å². The molecule has 0 radical (unpaired) electrons. The van der Waals surface area contributed by atoms with Crippen molar-refractivity contribution in [2.24, 2.45) is 29.6 Å². The van der Waals surface area contributed by atoms with E-state index in [-0.39, 0.29) is 0 Å². The number of carbonyl (C=O) groups excluding carboxylic acids is 1. The fourth-order valence-corrected chi connectivity index (χ4v) is 4.44. The van der Waals surface area contributed by atoms with E-state index in [4.69, 9.17) is 4.84 Å². The molecule has 1 aliphatic heterocycles. The van der Waals surface area contributed by atoms with Gasteiger partial charge in [-0.05, 0) is 49.4 Å². The van der Waals surface area contributed by atoms with Crippen LogP contribution in [0.5, 0.6) is 0 Å². The van der Waals surface area contributed by atoms with Crippen molar-refractivity contribution >= 4 is 5.91 Å². The van der Waals surface area contributed by atoms with Crippen molar-refractivity contribution in [1.82, 2.24) is 5.06 Å². The first-order valence-corrected chi connectivity index (χ1v) is 6.30. The molecule has 4 rings (SSSR count). The Labute approximate surface area is 89.7 Å². The maximum atomic E-state index is 12.1. The maximum absolute atomic E-state index is 12.1. The largest absolute Gasteiger partial charge is 0.272 e. The minimum absolute atomic E-state index is 0.305. The van der Waals surface area contributed by atoms with Crippen molar-refractivity contribution in [2.75, 3.05) is 13.2 Å². The number of hydrogen-bond donors (Lipinski definition) is 0. The number of hydroxylamine groups is 2. The molecule has 4 unspecified atom stereocenters. The van der Waals surface area contributed by atoms with Crippen LogP contribution in [-0.4, -0.2) is 24.1 Å². The number of nitrogens with zero attached hydrogens (tertiary/aromatic N) is 1. The molecule has 2 bridgehead atoms. The Balaban J connectivity index is 1.50. The van der Waals surface area contributed by atoms with Gasteiger partial charge >= 0.3 is 0 Å². The fraction of sp³-hybridized carbons (Fsp3) is 0.917. The lowest BCUT2D eigenvalue weighted by Gasteiger charge is -2.16. The van der Waals surface area contributed by atoms with Gasteiger partial charge in [0.25, 0.3) is 0 Å². The lowest BCUT2D eigenvalue weighted by Crippen LogP contribution is -2.30. The third-order valence-corrected chi connectivity index (χ3v) is 5.02. The SMILES string of the molecule is O=C(C1C2C3CCC(C3)C12)N1CCCO1. The zero-order valence-corrected chi connectivity index (χ0v) is 8.89. The van der Waals surface area contributed by atoms with E-state index in [1.807, 2.05) is 0 Å². The Bertz CT molecular complexity index is 295. The molecule has 4 fully saturated rings. The van der Waals surface area contributed by atoms with Gasteiger partial charge in [-0.2, -0.15) is 0 Å². The summed E-state index contributed by atoms with van der Waals surface area (Å²) in [7, 11) is 0. The molecular weight excluding hydrogens is 190 g/mol. The number of rotatable bonds is 1.